The van der Waals surface area contributed by atoms with Crippen molar-refractivity contribution in [2.24, 2.45) is 0 Å². The molecule has 0 aromatic heterocycles. The van der Waals surface area contributed by atoms with Crippen molar-refractivity contribution >= 4 is 39.5 Å². The van der Waals surface area contributed by atoms with E-state index in [0.29, 0.717) is 11.6 Å². The molecule has 0 radical (unpaired) electrons. The summed E-state index contributed by atoms with van der Waals surface area (Å²) in [5.74, 6) is 0. The number of hydrogen-bond acceptors (Lipinski definition) is 2. The van der Waals surface area contributed by atoms with Gasteiger partial charge in [-0.2, -0.15) is 0 Å². The minimum Gasteiger partial charge on any atom is -0.363 e. The number of fused-ring (bicyclic) bond motifs is 1. The van der Waals surface area contributed by atoms with Crippen molar-refractivity contribution in [2.75, 3.05) is 18.0 Å². The van der Waals surface area contributed by atoms with Crippen molar-refractivity contribution in [1.82, 2.24) is 0 Å². The van der Waals surface area contributed by atoms with E-state index < -0.39 is 0 Å². The van der Waals surface area contributed by atoms with Gasteiger partial charge in [0, 0.05) is 11.0 Å². The van der Waals surface area contributed by atoms with Crippen LogP contribution in [0.25, 0.3) is 0 Å². The van der Waals surface area contributed by atoms with Gasteiger partial charge in [0.15, 0.2) is 0 Å². The molecule has 0 fully saturated rings. The second-order valence-corrected chi connectivity index (χ2v) is 4.58. The van der Waals surface area contributed by atoms with E-state index in [1.54, 1.807) is 0 Å². The zero-order chi connectivity index (χ0) is 10.1. The van der Waals surface area contributed by atoms with Gasteiger partial charge in [0.1, 0.15) is 6.29 Å². The molecule has 1 aromatic carbocycles. The molecule has 14 heavy (non-hydrogen) atoms. The zero-order valence-corrected chi connectivity index (χ0v) is 9.81. The minimum atomic E-state index is 0.425. The first-order valence-corrected chi connectivity index (χ1v) is 5.56. The molecule has 0 saturated heterocycles. The highest BCUT2D eigenvalue weighted by Gasteiger charge is 2.21. The van der Waals surface area contributed by atoms with Crippen LogP contribution in [0.3, 0.4) is 0 Å². The Labute approximate surface area is 96.0 Å². The Balaban J connectivity index is 2.43. The van der Waals surface area contributed by atoms with Crippen LogP contribution in [-0.4, -0.2) is 19.4 Å². The normalized spacial score (nSPS) is 14.3. The van der Waals surface area contributed by atoms with E-state index in [9.17, 15) is 4.79 Å². The Kier molecular flexibility index (Phi) is 2.79. The summed E-state index contributed by atoms with van der Waals surface area (Å²) in [7, 11) is 0. The predicted molar refractivity (Wildman–Crippen MR) is 61.1 cm³/mol. The fourth-order valence-electron chi connectivity index (χ4n) is 1.80. The second-order valence-electron chi connectivity index (χ2n) is 3.26. The molecular formula is C10H9BrClNO. The van der Waals surface area contributed by atoms with Gasteiger partial charge in [-0.1, -0.05) is 27.5 Å². The molecular weight excluding hydrogens is 265 g/mol. The predicted octanol–water partition coefficient (Wildman–Crippen LogP) is 2.66. The largest absolute Gasteiger partial charge is 0.363 e. The van der Waals surface area contributed by atoms with E-state index in [-0.39, 0.29) is 0 Å². The Morgan fingerprint density at radius 3 is 3.07 bits per heavy atom. The lowest BCUT2D eigenvalue weighted by Gasteiger charge is -2.17. The lowest BCUT2D eigenvalue weighted by atomic mass is 10.2. The van der Waals surface area contributed by atoms with Crippen LogP contribution < -0.4 is 4.90 Å². The van der Waals surface area contributed by atoms with Gasteiger partial charge in [-0.15, -0.1) is 0 Å². The first-order chi connectivity index (χ1) is 6.72. The number of halogens is 2. The van der Waals surface area contributed by atoms with Crippen molar-refractivity contribution in [1.29, 1.82) is 0 Å². The number of anilines is 1. The molecule has 0 saturated carbocycles. The van der Waals surface area contributed by atoms with E-state index in [1.807, 2.05) is 11.0 Å². The monoisotopic (exact) mass is 273 g/mol. The molecule has 2 nitrogen and oxygen atoms in total. The van der Waals surface area contributed by atoms with Crippen molar-refractivity contribution in [3.63, 3.8) is 0 Å². The third-order valence-electron chi connectivity index (χ3n) is 2.37. The molecule has 1 aliphatic heterocycles. The molecule has 2 rings (SSSR count). The zero-order valence-electron chi connectivity index (χ0n) is 7.46. The number of benzene rings is 1. The molecule has 0 amide bonds. The summed E-state index contributed by atoms with van der Waals surface area (Å²) in [4.78, 5) is 12.5. The van der Waals surface area contributed by atoms with Crippen LogP contribution in [0.5, 0.6) is 0 Å². The Morgan fingerprint density at radius 2 is 2.36 bits per heavy atom. The highest BCUT2D eigenvalue weighted by molar-refractivity contribution is 9.10. The average molecular weight is 275 g/mol. The summed E-state index contributed by atoms with van der Waals surface area (Å²) >= 11 is 9.52. The van der Waals surface area contributed by atoms with Crippen LogP contribution in [0, 0.1) is 0 Å². The highest BCUT2D eigenvalue weighted by atomic mass is 79.9. The molecule has 1 aromatic rings. The van der Waals surface area contributed by atoms with Crippen LogP contribution in [0.4, 0.5) is 5.69 Å². The molecule has 0 bridgehead atoms. The SMILES string of the molecule is O=CCN1CCc2cc(Br)cc(Cl)c21. The summed E-state index contributed by atoms with van der Waals surface area (Å²) in [5, 5.41) is 0.716. The summed E-state index contributed by atoms with van der Waals surface area (Å²) in [6.07, 6.45) is 1.87. The van der Waals surface area contributed by atoms with Gasteiger partial charge in [-0.05, 0) is 24.1 Å². The summed E-state index contributed by atoms with van der Waals surface area (Å²) in [6, 6.07) is 3.93. The maximum Gasteiger partial charge on any atom is 0.139 e. The van der Waals surface area contributed by atoms with E-state index in [0.717, 1.165) is 29.4 Å². The quantitative estimate of drug-likeness (QED) is 0.773. The summed E-state index contributed by atoms with van der Waals surface area (Å²) in [6.45, 7) is 1.30. The van der Waals surface area contributed by atoms with Gasteiger partial charge in [0.25, 0.3) is 0 Å². The second kappa shape index (κ2) is 3.91. The lowest BCUT2D eigenvalue weighted by Crippen LogP contribution is -2.22. The van der Waals surface area contributed by atoms with Crippen molar-refractivity contribution in [3.8, 4) is 0 Å². The minimum absolute atomic E-state index is 0.425. The molecule has 0 N–H and O–H groups in total. The first kappa shape index (κ1) is 9.99. The van der Waals surface area contributed by atoms with E-state index in [1.165, 1.54) is 5.56 Å². The maximum absolute atomic E-state index is 10.5. The van der Waals surface area contributed by atoms with E-state index >= 15 is 0 Å². The fraction of sp³-hybridized carbons (Fsp3) is 0.300. The van der Waals surface area contributed by atoms with Gasteiger partial charge in [-0.3, -0.25) is 0 Å². The third-order valence-corrected chi connectivity index (χ3v) is 3.12. The van der Waals surface area contributed by atoms with Crippen LogP contribution in [0.15, 0.2) is 16.6 Å². The summed E-state index contributed by atoms with van der Waals surface area (Å²) < 4.78 is 0.995. The Hall–Kier alpha value is -0.540. The number of carbonyl (C=O) groups is 1. The van der Waals surface area contributed by atoms with Gasteiger partial charge in [0.05, 0.1) is 17.3 Å². The van der Waals surface area contributed by atoms with Gasteiger partial charge < -0.3 is 9.69 Å². The molecule has 0 spiro atoms. The molecule has 74 valence electrons. The van der Waals surface area contributed by atoms with Gasteiger partial charge in [-0.25, -0.2) is 0 Å². The molecule has 0 aliphatic carbocycles. The van der Waals surface area contributed by atoms with Crippen LogP contribution in [-0.2, 0) is 11.2 Å². The molecule has 1 heterocycles. The number of carbonyl (C=O) groups excluding carboxylic acids is 1. The highest BCUT2D eigenvalue weighted by Crippen LogP contribution is 2.37. The maximum atomic E-state index is 10.5. The molecule has 1 aliphatic rings. The average Bonchev–Trinajstić information content (AvgIpc) is 2.49. The van der Waals surface area contributed by atoms with Crippen LogP contribution in [0.1, 0.15) is 5.56 Å². The van der Waals surface area contributed by atoms with E-state index in [2.05, 4.69) is 22.0 Å². The standard InChI is InChI=1S/C10H9BrClNO/c11-8-5-7-1-2-13(3-4-14)10(7)9(12)6-8/h4-6H,1-3H2. The number of nitrogens with zero attached hydrogens (tertiary/aromatic N) is 1. The number of aldehydes is 1. The number of hydrogen-bond donors (Lipinski definition) is 0. The van der Waals surface area contributed by atoms with Gasteiger partial charge >= 0.3 is 0 Å². The van der Waals surface area contributed by atoms with Crippen molar-refractivity contribution in [3.05, 3.63) is 27.2 Å². The van der Waals surface area contributed by atoms with E-state index in [4.69, 9.17) is 11.6 Å². The topological polar surface area (TPSA) is 20.3 Å². The fourth-order valence-corrected chi connectivity index (χ4v) is 2.80. The Bertz CT molecular complexity index is 381. The van der Waals surface area contributed by atoms with Crippen molar-refractivity contribution in [2.45, 2.75) is 6.42 Å². The van der Waals surface area contributed by atoms with Crippen LogP contribution in [0.2, 0.25) is 5.02 Å². The smallest absolute Gasteiger partial charge is 0.139 e. The Morgan fingerprint density at radius 1 is 1.57 bits per heavy atom. The molecule has 4 heteroatoms. The number of rotatable bonds is 2. The van der Waals surface area contributed by atoms with Crippen LogP contribution >= 0.6 is 27.5 Å². The molecule has 0 atom stereocenters. The third kappa shape index (κ3) is 1.66. The summed E-state index contributed by atoms with van der Waals surface area (Å²) in [5.41, 5.74) is 2.23. The van der Waals surface area contributed by atoms with Gasteiger partial charge in [0.2, 0.25) is 0 Å². The van der Waals surface area contributed by atoms with Crippen molar-refractivity contribution < 1.29 is 4.79 Å². The lowest BCUT2D eigenvalue weighted by molar-refractivity contribution is -0.106. The first-order valence-electron chi connectivity index (χ1n) is 4.39. The molecule has 0 unspecified atom stereocenters.